The lowest BCUT2D eigenvalue weighted by molar-refractivity contribution is -0.135. The number of halogens is 2. The summed E-state index contributed by atoms with van der Waals surface area (Å²) in [6.07, 6.45) is 3.17. The second-order valence-corrected chi connectivity index (χ2v) is 6.18. The number of benzene rings is 1. The molecule has 1 aromatic carbocycles. The summed E-state index contributed by atoms with van der Waals surface area (Å²) in [5, 5.41) is 2.83. The third kappa shape index (κ3) is 2.12. The van der Waals surface area contributed by atoms with Gasteiger partial charge in [0.2, 0.25) is 5.91 Å². The summed E-state index contributed by atoms with van der Waals surface area (Å²) in [5.74, 6) is -0.757. The summed E-state index contributed by atoms with van der Waals surface area (Å²) in [7, 11) is 0. The van der Waals surface area contributed by atoms with E-state index in [4.69, 9.17) is 0 Å². The van der Waals surface area contributed by atoms with E-state index in [9.17, 15) is 14.0 Å². The number of nitrogens with zero attached hydrogens (tertiary/aromatic N) is 1. The van der Waals surface area contributed by atoms with Crippen molar-refractivity contribution in [2.45, 2.75) is 31.2 Å². The van der Waals surface area contributed by atoms with E-state index < -0.39 is 11.4 Å². The van der Waals surface area contributed by atoms with Crippen molar-refractivity contribution in [2.24, 2.45) is 0 Å². The molecule has 1 aromatic rings. The summed E-state index contributed by atoms with van der Waals surface area (Å²) in [6.45, 7) is -0.0539. The van der Waals surface area contributed by atoms with E-state index in [1.54, 1.807) is 12.1 Å². The second kappa shape index (κ2) is 4.84. The summed E-state index contributed by atoms with van der Waals surface area (Å²) in [5.41, 5.74) is -0.351. The first-order valence-electron chi connectivity index (χ1n) is 6.60. The Bertz CT molecular complexity index is 585. The van der Waals surface area contributed by atoms with Crippen molar-refractivity contribution in [3.8, 4) is 0 Å². The van der Waals surface area contributed by atoms with Crippen LogP contribution in [0.2, 0.25) is 0 Å². The molecule has 1 heterocycles. The number of nitrogens with one attached hydrogen (secondary N) is 1. The van der Waals surface area contributed by atoms with Gasteiger partial charge in [0.1, 0.15) is 17.9 Å². The Labute approximate surface area is 124 Å². The van der Waals surface area contributed by atoms with Crippen LogP contribution >= 0.6 is 15.9 Å². The largest absolute Gasteiger partial charge is 0.340 e. The fourth-order valence-corrected chi connectivity index (χ4v) is 3.26. The molecule has 2 amide bonds. The average Bonchev–Trinajstić information content (AvgIpc) is 2.86. The molecule has 1 saturated carbocycles. The molecule has 0 radical (unpaired) electrons. The molecule has 106 valence electrons. The van der Waals surface area contributed by atoms with Gasteiger partial charge in [0.05, 0.1) is 4.47 Å². The van der Waals surface area contributed by atoms with E-state index >= 15 is 0 Å². The summed E-state index contributed by atoms with van der Waals surface area (Å²) in [4.78, 5) is 26.0. The van der Waals surface area contributed by atoms with Crippen molar-refractivity contribution in [1.82, 2.24) is 5.32 Å². The van der Waals surface area contributed by atoms with Crippen molar-refractivity contribution in [3.63, 3.8) is 0 Å². The Morgan fingerprint density at radius 3 is 2.60 bits per heavy atom. The van der Waals surface area contributed by atoms with Gasteiger partial charge in [0, 0.05) is 5.69 Å². The quantitative estimate of drug-likeness (QED) is 0.853. The fraction of sp³-hybridized carbons (Fsp3) is 0.429. The number of hydrogen-bond donors (Lipinski definition) is 1. The van der Waals surface area contributed by atoms with E-state index in [-0.39, 0.29) is 18.4 Å². The van der Waals surface area contributed by atoms with Gasteiger partial charge >= 0.3 is 0 Å². The molecule has 1 saturated heterocycles. The van der Waals surface area contributed by atoms with Crippen LogP contribution in [0.15, 0.2) is 22.7 Å². The first-order chi connectivity index (χ1) is 9.52. The molecule has 4 nitrogen and oxygen atoms in total. The maximum absolute atomic E-state index is 13.6. The Kier molecular flexibility index (Phi) is 3.28. The molecule has 20 heavy (non-hydrogen) atoms. The van der Waals surface area contributed by atoms with E-state index in [1.165, 1.54) is 11.0 Å². The van der Waals surface area contributed by atoms with Gasteiger partial charge in [-0.15, -0.1) is 0 Å². The van der Waals surface area contributed by atoms with Gasteiger partial charge < -0.3 is 10.2 Å². The van der Waals surface area contributed by atoms with E-state index in [2.05, 4.69) is 21.2 Å². The number of carbonyl (C=O) groups is 2. The molecule has 0 bridgehead atoms. The zero-order valence-electron chi connectivity index (χ0n) is 10.8. The zero-order valence-corrected chi connectivity index (χ0v) is 12.4. The third-order valence-electron chi connectivity index (χ3n) is 4.01. The van der Waals surface area contributed by atoms with Crippen LogP contribution < -0.4 is 10.2 Å². The maximum atomic E-state index is 13.6. The number of anilines is 1. The average molecular weight is 341 g/mol. The highest BCUT2D eigenvalue weighted by atomic mass is 79.9. The highest BCUT2D eigenvalue weighted by Crippen LogP contribution is 2.35. The van der Waals surface area contributed by atoms with Crippen LogP contribution in [0.5, 0.6) is 0 Å². The van der Waals surface area contributed by atoms with Crippen LogP contribution in [-0.4, -0.2) is 23.9 Å². The molecule has 0 aromatic heterocycles. The first kappa shape index (κ1) is 13.5. The molecule has 1 aliphatic heterocycles. The zero-order chi connectivity index (χ0) is 14.3. The normalized spacial score (nSPS) is 21.4. The van der Waals surface area contributed by atoms with Crippen LogP contribution in [0.4, 0.5) is 10.1 Å². The molecule has 1 aliphatic carbocycles. The van der Waals surface area contributed by atoms with Crippen LogP contribution in [0.25, 0.3) is 0 Å². The molecule has 2 fully saturated rings. The Morgan fingerprint density at radius 2 is 1.95 bits per heavy atom. The number of amides is 2. The van der Waals surface area contributed by atoms with Gasteiger partial charge in [-0.2, -0.15) is 0 Å². The molecule has 2 aliphatic rings. The summed E-state index contributed by atoms with van der Waals surface area (Å²) >= 11 is 3.08. The van der Waals surface area contributed by atoms with Crippen LogP contribution in [0.1, 0.15) is 25.7 Å². The fourth-order valence-electron chi connectivity index (χ4n) is 3.01. The number of piperazine rings is 1. The number of rotatable bonds is 1. The Hall–Kier alpha value is -1.43. The Balaban J connectivity index is 1.97. The molecule has 1 N–H and O–H groups in total. The third-order valence-corrected chi connectivity index (χ3v) is 4.65. The van der Waals surface area contributed by atoms with Gasteiger partial charge in [0.15, 0.2) is 0 Å². The predicted molar refractivity (Wildman–Crippen MR) is 75.8 cm³/mol. The lowest BCUT2D eigenvalue weighted by Gasteiger charge is -2.39. The van der Waals surface area contributed by atoms with Gasteiger partial charge in [-0.1, -0.05) is 12.8 Å². The van der Waals surface area contributed by atoms with Crippen molar-refractivity contribution in [3.05, 3.63) is 28.5 Å². The van der Waals surface area contributed by atoms with E-state index in [0.717, 1.165) is 12.8 Å². The van der Waals surface area contributed by atoms with Crippen molar-refractivity contribution in [2.75, 3.05) is 11.4 Å². The molecule has 6 heteroatoms. The number of carbonyl (C=O) groups excluding carboxylic acids is 2. The monoisotopic (exact) mass is 340 g/mol. The maximum Gasteiger partial charge on any atom is 0.253 e. The predicted octanol–water partition coefficient (Wildman–Crippen LogP) is 2.36. The van der Waals surface area contributed by atoms with Crippen LogP contribution in [0, 0.1) is 5.82 Å². The van der Waals surface area contributed by atoms with Gasteiger partial charge in [0.25, 0.3) is 5.91 Å². The first-order valence-corrected chi connectivity index (χ1v) is 7.39. The van der Waals surface area contributed by atoms with Crippen molar-refractivity contribution in [1.29, 1.82) is 0 Å². The molecular formula is C14H14BrFN2O2. The topological polar surface area (TPSA) is 49.4 Å². The van der Waals surface area contributed by atoms with Crippen LogP contribution in [0.3, 0.4) is 0 Å². The van der Waals surface area contributed by atoms with Crippen molar-refractivity contribution >= 4 is 33.4 Å². The summed E-state index contributed by atoms with van der Waals surface area (Å²) in [6, 6.07) is 4.47. The minimum absolute atomic E-state index is 0.0539. The highest BCUT2D eigenvalue weighted by Gasteiger charge is 2.48. The smallest absolute Gasteiger partial charge is 0.253 e. The van der Waals surface area contributed by atoms with Gasteiger partial charge in [-0.25, -0.2) is 4.39 Å². The van der Waals surface area contributed by atoms with Gasteiger partial charge in [-0.05, 0) is 47.0 Å². The van der Waals surface area contributed by atoms with Crippen molar-refractivity contribution < 1.29 is 14.0 Å². The van der Waals surface area contributed by atoms with Crippen LogP contribution in [-0.2, 0) is 9.59 Å². The van der Waals surface area contributed by atoms with E-state index in [1.807, 2.05) is 0 Å². The second-order valence-electron chi connectivity index (χ2n) is 5.33. The number of hydrogen-bond acceptors (Lipinski definition) is 2. The molecule has 0 unspecified atom stereocenters. The van der Waals surface area contributed by atoms with Gasteiger partial charge in [-0.3, -0.25) is 9.59 Å². The summed E-state index contributed by atoms with van der Waals surface area (Å²) < 4.78 is 14.0. The molecule has 3 rings (SSSR count). The highest BCUT2D eigenvalue weighted by molar-refractivity contribution is 9.10. The van der Waals surface area contributed by atoms with E-state index in [0.29, 0.717) is 23.0 Å². The molecule has 0 atom stereocenters. The SMILES string of the molecule is O=C1CN(c2ccc(Br)c(F)c2)C(=O)C2(CCCC2)N1. The molecular weight excluding hydrogens is 327 g/mol. The minimum atomic E-state index is -0.779. The Morgan fingerprint density at radius 1 is 1.25 bits per heavy atom. The standard InChI is InChI=1S/C14H14BrFN2O2/c15-10-4-3-9(7-11(10)16)18-8-12(19)17-14(13(18)20)5-1-2-6-14/h3-4,7H,1-2,5-6,8H2,(H,17,19). The lowest BCUT2D eigenvalue weighted by atomic mass is 9.92. The molecule has 1 spiro atoms. The minimum Gasteiger partial charge on any atom is -0.340 e. The lowest BCUT2D eigenvalue weighted by Crippen LogP contribution is -2.65.